The lowest BCUT2D eigenvalue weighted by Crippen LogP contribution is -2.11. The van der Waals surface area contributed by atoms with Gasteiger partial charge in [-0.15, -0.1) is 0 Å². The van der Waals surface area contributed by atoms with Gasteiger partial charge in [-0.1, -0.05) is 52.0 Å². The van der Waals surface area contributed by atoms with Gasteiger partial charge in [0.15, 0.2) is 23.0 Å². The molecule has 0 aromatic heterocycles. The minimum atomic E-state index is 0.287. The zero-order valence-corrected chi connectivity index (χ0v) is 30.8. The van der Waals surface area contributed by atoms with Crippen molar-refractivity contribution in [3.05, 3.63) is 71.8 Å². The summed E-state index contributed by atoms with van der Waals surface area (Å²) in [7, 11) is 0. The number of rotatable bonds is 22. The monoisotopic (exact) mass is 684 g/mol. The lowest BCUT2D eigenvalue weighted by atomic mass is 9.91. The molecule has 4 aromatic rings. The third-order valence-electron chi connectivity index (χ3n) is 9.36. The maximum absolute atomic E-state index is 6.33. The number of fused-ring (bicyclic) bond motifs is 1. The Hall–Kier alpha value is -3.82. The van der Waals surface area contributed by atoms with E-state index >= 15 is 0 Å². The third-order valence-corrected chi connectivity index (χ3v) is 9.36. The standard InChI is InChI=1S/C42H60N4O4/c1-5-29(3)37-25-35(27-39(47-19-7-15-43)41(37)49-21-9-17-45)32-13-11-31-12-14-33(24-34(31)23-32)36-26-38(30(4)6-2)42(50-22-10-18-46)40(28-36)48-20-8-16-44/h11-14,23-30H,5-10,15-22,43-46H2,1-4H3. The fourth-order valence-corrected chi connectivity index (χ4v) is 5.93. The van der Waals surface area contributed by atoms with Gasteiger partial charge in [0, 0.05) is 11.1 Å². The quantitative estimate of drug-likeness (QED) is 0.0609. The van der Waals surface area contributed by atoms with Gasteiger partial charge >= 0.3 is 0 Å². The molecule has 0 aliphatic rings. The number of hydrogen-bond donors (Lipinski definition) is 4. The Balaban J connectivity index is 1.82. The van der Waals surface area contributed by atoms with Crippen LogP contribution in [0.5, 0.6) is 23.0 Å². The molecule has 4 aromatic carbocycles. The molecule has 2 unspecified atom stereocenters. The van der Waals surface area contributed by atoms with Gasteiger partial charge in [0.25, 0.3) is 0 Å². The lowest BCUT2D eigenvalue weighted by Gasteiger charge is -2.22. The van der Waals surface area contributed by atoms with E-state index in [0.29, 0.717) is 52.6 Å². The minimum Gasteiger partial charge on any atom is -0.490 e. The van der Waals surface area contributed by atoms with Crippen molar-refractivity contribution in [1.29, 1.82) is 0 Å². The Morgan fingerprint density at radius 1 is 0.460 bits per heavy atom. The van der Waals surface area contributed by atoms with E-state index < -0.39 is 0 Å². The van der Waals surface area contributed by atoms with E-state index in [1.807, 2.05) is 0 Å². The molecule has 8 N–H and O–H groups in total. The van der Waals surface area contributed by atoms with Gasteiger partial charge in [-0.2, -0.15) is 0 Å². The Labute approximate surface area is 299 Å². The van der Waals surface area contributed by atoms with Crippen LogP contribution in [0.3, 0.4) is 0 Å². The second-order valence-corrected chi connectivity index (χ2v) is 13.1. The highest BCUT2D eigenvalue weighted by molar-refractivity contribution is 5.91. The molecule has 0 bridgehead atoms. The molecule has 8 nitrogen and oxygen atoms in total. The zero-order valence-electron chi connectivity index (χ0n) is 30.8. The average molecular weight is 685 g/mol. The van der Waals surface area contributed by atoms with Gasteiger partial charge in [-0.05, 0) is 146 Å². The summed E-state index contributed by atoms with van der Waals surface area (Å²) in [6, 6.07) is 22.0. The highest BCUT2D eigenvalue weighted by Gasteiger charge is 2.21. The number of benzene rings is 4. The average Bonchev–Trinajstić information content (AvgIpc) is 3.14. The second kappa shape index (κ2) is 20.1. The van der Waals surface area contributed by atoms with Crippen LogP contribution in [0.4, 0.5) is 0 Å². The van der Waals surface area contributed by atoms with E-state index in [0.717, 1.165) is 100 Å². The van der Waals surface area contributed by atoms with Gasteiger partial charge in [0.05, 0.1) is 26.4 Å². The largest absolute Gasteiger partial charge is 0.490 e. The third kappa shape index (κ3) is 10.1. The van der Waals surface area contributed by atoms with Crippen LogP contribution in [0.1, 0.15) is 89.2 Å². The molecule has 0 aliphatic carbocycles. The van der Waals surface area contributed by atoms with E-state index in [2.05, 4.69) is 88.4 Å². The highest BCUT2D eigenvalue weighted by Crippen LogP contribution is 2.44. The maximum atomic E-state index is 6.33. The summed E-state index contributed by atoms with van der Waals surface area (Å²) in [6.45, 7) is 13.3. The van der Waals surface area contributed by atoms with Crippen LogP contribution < -0.4 is 41.9 Å². The summed E-state index contributed by atoms with van der Waals surface area (Å²) in [6.07, 6.45) is 5.05. The Kier molecular flexibility index (Phi) is 15.7. The van der Waals surface area contributed by atoms with Gasteiger partial charge in [-0.25, -0.2) is 0 Å². The van der Waals surface area contributed by atoms with E-state index in [1.54, 1.807) is 0 Å². The van der Waals surface area contributed by atoms with Crippen LogP contribution in [0.25, 0.3) is 33.0 Å². The van der Waals surface area contributed by atoms with Crippen molar-refractivity contribution in [3.8, 4) is 45.3 Å². The van der Waals surface area contributed by atoms with Crippen molar-refractivity contribution >= 4 is 10.8 Å². The van der Waals surface area contributed by atoms with Crippen molar-refractivity contribution in [2.75, 3.05) is 52.6 Å². The van der Waals surface area contributed by atoms with Crippen LogP contribution in [0.15, 0.2) is 60.7 Å². The molecule has 0 heterocycles. The summed E-state index contributed by atoms with van der Waals surface area (Å²) in [4.78, 5) is 0. The predicted molar refractivity (Wildman–Crippen MR) is 209 cm³/mol. The van der Waals surface area contributed by atoms with Gasteiger partial charge < -0.3 is 41.9 Å². The molecule has 0 aliphatic heterocycles. The Bertz CT molecular complexity index is 1530. The Morgan fingerprint density at radius 2 is 0.840 bits per heavy atom. The second-order valence-electron chi connectivity index (χ2n) is 13.1. The molecule has 4 rings (SSSR count). The van der Waals surface area contributed by atoms with Crippen LogP contribution in [0, 0.1) is 0 Å². The van der Waals surface area contributed by atoms with Gasteiger partial charge in [0.2, 0.25) is 0 Å². The van der Waals surface area contributed by atoms with E-state index in [-0.39, 0.29) is 11.8 Å². The van der Waals surface area contributed by atoms with Crippen LogP contribution in [0.2, 0.25) is 0 Å². The fourth-order valence-electron chi connectivity index (χ4n) is 5.93. The minimum absolute atomic E-state index is 0.287. The van der Waals surface area contributed by atoms with Crippen LogP contribution in [-0.2, 0) is 0 Å². The number of nitrogens with two attached hydrogens (primary N) is 4. The summed E-state index contributed by atoms with van der Waals surface area (Å²) < 4.78 is 25.3. The Morgan fingerprint density at radius 3 is 1.20 bits per heavy atom. The molecule has 8 heteroatoms. The van der Waals surface area contributed by atoms with Gasteiger partial charge in [-0.3, -0.25) is 0 Å². The SMILES string of the molecule is CCC(C)c1cc(-c2ccc3ccc(-c4cc(OCCCN)c(OCCCN)c(C(C)CC)c4)cc3c2)cc(OCCCN)c1OCCCN. The number of hydrogen-bond acceptors (Lipinski definition) is 8. The molecule has 0 fully saturated rings. The first kappa shape index (κ1) is 39.0. The van der Waals surface area contributed by atoms with Crippen molar-refractivity contribution < 1.29 is 18.9 Å². The summed E-state index contributed by atoms with van der Waals surface area (Å²) in [5, 5.41) is 2.32. The molecule has 0 spiro atoms. The zero-order chi connectivity index (χ0) is 35.9. The van der Waals surface area contributed by atoms with E-state index in [1.165, 1.54) is 5.39 Å². The lowest BCUT2D eigenvalue weighted by molar-refractivity contribution is 0.262. The maximum Gasteiger partial charge on any atom is 0.164 e. The van der Waals surface area contributed by atoms with Crippen molar-refractivity contribution in [3.63, 3.8) is 0 Å². The normalized spacial score (nSPS) is 12.6. The molecule has 0 amide bonds. The van der Waals surface area contributed by atoms with E-state index in [4.69, 9.17) is 41.9 Å². The molecular formula is C42H60N4O4. The van der Waals surface area contributed by atoms with Crippen molar-refractivity contribution in [2.45, 2.75) is 78.1 Å². The summed E-state index contributed by atoms with van der Waals surface area (Å²) in [5.41, 5.74) is 29.9. The van der Waals surface area contributed by atoms with Crippen molar-refractivity contribution in [1.82, 2.24) is 0 Å². The molecule has 0 radical (unpaired) electrons. The molecule has 2 atom stereocenters. The molecular weight excluding hydrogens is 624 g/mol. The first-order valence-electron chi connectivity index (χ1n) is 18.6. The first-order valence-corrected chi connectivity index (χ1v) is 18.6. The molecule has 0 saturated carbocycles. The first-order chi connectivity index (χ1) is 24.4. The highest BCUT2D eigenvalue weighted by atomic mass is 16.5. The van der Waals surface area contributed by atoms with E-state index in [9.17, 15) is 0 Å². The molecule has 50 heavy (non-hydrogen) atoms. The molecule has 0 saturated heterocycles. The number of ether oxygens (including phenoxy) is 4. The summed E-state index contributed by atoms with van der Waals surface area (Å²) in [5.74, 6) is 3.71. The smallest absolute Gasteiger partial charge is 0.164 e. The molecule has 272 valence electrons. The van der Waals surface area contributed by atoms with Crippen LogP contribution in [-0.4, -0.2) is 52.6 Å². The van der Waals surface area contributed by atoms with Crippen molar-refractivity contribution in [2.24, 2.45) is 22.9 Å². The summed E-state index contributed by atoms with van der Waals surface area (Å²) >= 11 is 0. The predicted octanol–water partition coefficient (Wildman–Crippen LogP) is 8.11. The van der Waals surface area contributed by atoms with Crippen LogP contribution >= 0.6 is 0 Å². The van der Waals surface area contributed by atoms with Gasteiger partial charge in [0.1, 0.15) is 0 Å². The fraction of sp³-hybridized carbons (Fsp3) is 0.476. The topological polar surface area (TPSA) is 141 Å².